The van der Waals surface area contributed by atoms with Gasteiger partial charge in [-0.2, -0.15) is 18.3 Å². The fourth-order valence-electron chi connectivity index (χ4n) is 1.22. The van der Waals surface area contributed by atoms with Gasteiger partial charge in [-0.1, -0.05) is 0 Å². The molecular formula is C9H7F3N4. The molecule has 2 aromatic rings. The second kappa shape index (κ2) is 3.51. The van der Waals surface area contributed by atoms with Gasteiger partial charge in [0.15, 0.2) is 5.82 Å². The van der Waals surface area contributed by atoms with Gasteiger partial charge in [-0.15, -0.1) is 0 Å². The molecule has 0 aliphatic heterocycles. The first-order chi connectivity index (χ1) is 7.48. The van der Waals surface area contributed by atoms with Crippen molar-refractivity contribution < 1.29 is 13.2 Å². The van der Waals surface area contributed by atoms with Crippen molar-refractivity contribution in [2.24, 2.45) is 0 Å². The van der Waals surface area contributed by atoms with Crippen molar-refractivity contribution in [3.05, 3.63) is 36.3 Å². The lowest BCUT2D eigenvalue weighted by molar-refractivity contribution is -0.142. The minimum absolute atomic E-state index is 0.0755. The molecule has 2 aromatic heterocycles. The molecule has 84 valence electrons. The number of rotatable bonds is 1. The predicted octanol–water partition coefficient (Wildman–Crippen LogP) is 1.87. The van der Waals surface area contributed by atoms with Gasteiger partial charge in [-0.05, 0) is 18.2 Å². The third-order valence-corrected chi connectivity index (χ3v) is 1.92. The molecule has 4 nitrogen and oxygen atoms in total. The van der Waals surface area contributed by atoms with Crippen LogP contribution in [0.1, 0.15) is 5.69 Å². The number of aromatic nitrogens is 3. The molecule has 0 radical (unpaired) electrons. The Kier molecular flexibility index (Phi) is 2.30. The van der Waals surface area contributed by atoms with E-state index in [0.717, 1.165) is 16.9 Å². The van der Waals surface area contributed by atoms with Crippen LogP contribution < -0.4 is 5.73 Å². The summed E-state index contributed by atoms with van der Waals surface area (Å²) in [6.45, 7) is 0. The summed E-state index contributed by atoms with van der Waals surface area (Å²) in [6.07, 6.45) is -2.11. The summed E-state index contributed by atoms with van der Waals surface area (Å²) in [7, 11) is 0. The highest BCUT2D eigenvalue weighted by Gasteiger charge is 2.35. The zero-order chi connectivity index (χ0) is 11.8. The Bertz CT molecular complexity index is 486. The number of anilines is 1. The summed E-state index contributed by atoms with van der Waals surface area (Å²) in [4.78, 5) is 3.77. The third kappa shape index (κ3) is 1.83. The monoisotopic (exact) mass is 228 g/mol. The summed E-state index contributed by atoms with van der Waals surface area (Å²) < 4.78 is 38.3. The maximum absolute atomic E-state index is 12.5. The van der Waals surface area contributed by atoms with Crippen molar-refractivity contribution in [3.63, 3.8) is 0 Å². The summed E-state index contributed by atoms with van der Waals surface area (Å²) in [5.74, 6) is 0.0755. The number of hydrogen-bond donors (Lipinski definition) is 1. The molecule has 0 bridgehead atoms. The highest BCUT2D eigenvalue weighted by Crippen LogP contribution is 2.29. The van der Waals surface area contributed by atoms with Crippen LogP contribution in [0.25, 0.3) is 5.82 Å². The molecule has 2 heterocycles. The van der Waals surface area contributed by atoms with Crippen LogP contribution in [0.15, 0.2) is 30.6 Å². The molecule has 2 rings (SSSR count). The number of nitrogens with two attached hydrogens (primary N) is 1. The van der Waals surface area contributed by atoms with Crippen LogP contribution in [0.3, 0.4) is 0 Å². The molecule has 0 aliphatic carbocycles. The average Bonchev–Trinajstić information content (AvgIpc) is 2.66. The van der Waals surface area contributed by atoms with E-state index in [1.165, 1.54) is 18.3 Å². The topological polar surface area (TPSA) is 56.7 Å². The van der Waals surface area contributed by atoms with E-state index in [9.17, 15) is 13.2 Å². The third-order valence-electron chi connectivity index (χ3n) is 1.92. The lowest BCUT2D eigenvalue weighted by Gasteiger charge is -2.09. The first kappa shape index (κ1) is 10.5. The number of nitrogen functional groups attached to an aromatic ring is 1. The van der Waals surface area contributed by atoms with Gasteiger partial charge in [-0.25, -0.2) is 9.67 Å². The maximum Gasteiger partial charge on any atom is 0.433 e. The van der Waals surface area contributed by atoms with E-state index < -0.39 is 11.9 Å². The van der Waals surface area contributed by atoms with Crippen LogP contribution in [-0.2, 0) is 6.18 Å². The van der Waals surface area contributed by atoms with Gasteiger partial charge in [0.05, 0.1) is 18.1 Å². The Hall–Kier alpha value is -2.05. The zero-order valence-corrected chi connectivity index (χ0v) is 7.94. The highest BCUT2D eigenvalue weighted by molar-refractivity contribution is 5.39. The number of alkyl halides is 3. The zero-order valence-electron chi connectivity index (χ0n) is 7.94. The molecule has 0 atom stereocenters. The van der Waals surface area contributed by atoms with Gasteiger partial charge in [0.2, 0.25) is 0 Å². The second-order valence-corrected chi connectivity index (χ2v) is 3.08. The van der Waals surface area contributed by atoms with E-state index in [-0.39, 0.29) is 5.82 Å². The molecule has 0 fully saturated rings. The summed E-state index contributed by atoms with van der Waals surface area (Å²) in [6, 6.07) is 3.72. The molecule has 0 aromatic carbocycles. The minimum atomic E-state index is -4.46. The van der Waals surface area contributed by atoms with E-state index in [4.69, 9.17) is 5.73 Å². The molecule has 0 amide bonds. The number of hydrogen-bond acceptors (Lipinski definition) is 3. The van der Waals surface area contributed by atoms with Crippen molar-refractivity contribution >= 4 is 5.69 Å². The molecule has 16 heavy (non-hydrogen) atoms. The van der Waals surface area contributed by atoms with Crippen molar-refractivity contribution in [2.45, 2.75) is 6.18 Å². The molecule has 0 saturated carbocycles. The van der Waals surface area contributed by atoms with Gasteiger partial charge in [-0.3, -0.25) is 0 Å². The van der Waals surface area contributed by atoms with Crippen LogP contribution in [0.2, 0.25) is 0 Å². The molecule has 7 heteroatoms. The minimum Gasteiger partial charge on any atom is -0.397 e. The van der Waals surface area contributed by atoms with Gasteiger partial charge in [0, 0.05) is 0 Å². The molecule has 0 saturated heterocycles. The average molecular weight is 228 g/mol. The van der Waals surface area contributed by atoms with Gasteiger partial charge in [0.1, 0.15) is 5.69 Å². The van der Waals surface area contributed by atoms with Crippen LogP contribution in [0.4, 0.5) is 18.9 Å². The van der Waals surface area contributed by atoms with E-state index in [1.54, 1.807) is 0 Å². The fraction of sp³-hybridized carbons (Fsp3) is 0.111. The van der Waals surface area contributed by atoms with Gasteiger partial charge < -0.3 is 5.73 Å². The fourth-order valence-corrected chi connectivity index (χ4v) is 1.22. The predicted molar refractivity (Wildman–Crippen MR) is 50.8 cm³/mol. The largest absolute Gasteiger partial charge is 0.433 e. The van der Waals surface area contributed by atoms with Crippen molar-refractivity contribution in [2.75, 3.05) is 5.73 Å². The van der Waals surface area contributed by atoms with Crippen LogP contribution in [-0.4, -0.2) is 14.8 Å². The van der Waals surface area contributed by atoms with Crippen molar-refractivity contribution in [1.82, 2.24) is 14.8 Å². The maximum atomic E-state index is 12.5. The van der Waals surface area contributed by atoms with Crippen molar-refractivity contribution in [3.8, 4) is 5.82 Å². The smallest absolute Gasteiger partial charge is 0.397 e. The standard InChI is InChI=1S/C9H7F3N4/c10-9(11,12)7-3-4-15-16(7)8-2-1-6(13)5-14-8/h1-5H,13H2. The van der Waals surface area contributed by atoms with Crippen LogP contribution in [0.5, 0.6) is 0 Å². The molecular weight excluding hydrogens is 221 g/mol. The normalized spacial score (nSPS) is 11.7. The van der Waals surface area contributed by atoms with Crippen molar-refractivity contribution in [1.29, 1.82) is 0 Å². The number of pyridine rings is 1. The highest BCUT2D eigenvalue weighted by atomic mass is 19.4. The summed E-state index contributed by atoms with van der Waals surface area (Å²) >= 11 is 0. The first-order valence-corrected chi connectivity index (χ1v) is 4.31. The van der Waals surface area contributed by atoms with E-state index in [0.29, 0.717) is 5.69 Å². The summed E-state index contributed by atoms with van der Waals surface area (Å²) in [5.41, 5.74) is 4.90. The first-order valence-electron chi connectivity index (χ1n) is 4.31. The van der Waals surface area contributed by atoms with E-state index in [2.05, 4.69) is 10.1 Å². The molecule has 0 unspecified atom stereocenters. The summed E-state index contributed by atoms with van der Waals surface area (Å²) in [5, 5.41) is 3.58. The Morgan fingerprint density at radius 3 is 2.50 bits per heavy atom. The Morgan fingerprint density at radius 1 is 1.19 bits per heavy atom. The SMILES string of the molecule is Nc1ccc(-n2nccc2C(F)(F)F)nc1. The van der Waals surface area contributed by atoms with Crippen LogP contribution >= 0.6 is 0 Å². The molecule has 0 spiro atoms. The second-order valence-electron chi connectivity index (χ2n) is 3.08. The van der Waals surface area contributed by atoms with Gasteiger partial charge >= 0.3 is 6.18 Å². The van der Waals surface area contributed by atoms with E-state index >= 15 is 0 Å². The Labute approximate surface area is 88.5 Å². The van der Waals surface area contributed by atoms with E-state index in [1.807, 2.05) is 0 Å². The quantitative estimate of drug-likeness (QED) is 0.810. The Balaban J connectivity index is 2.49. The molecule has 0 aliphatic rings. The number of nitrogens with zero attached hydrogens (tertiary/aromatic N) is 3. The lowest BCUT2D eigenvalue weighted by Crippen LogP contribution is -2.14. The number of halogens is 3. The Morgan fingerprint density at radius 2 is 1.94 bits per heavy atom. The lowest BCUT2D eigenvalue weighted by atomic mass is 10.4. The van der Waals surface area contributed by atoms with Gasteiger partial charge in [0.25, 0.3) is 0 Å². The van der Waals surface area contributed by atoms with Crippen LogP contribution in [0, 0.1) is 0 Å². The molecule has 2 N–H and O–H groups in total.